The number of nitrogens with zero attached hydrogens (tertiary/aromatic N) is 2. The summed E-state index contributed by atoms with van der Waals surface area (Å²) in [5, 5.41) is 4.53. The minimum atomic E-state index is 0.522. The summed E-state index contributed by atoms with van der Waals surface area (Å²) >= 11 is 0. The Kier molecular flexibility index (Phi) is 3.94. The molecule has 0 saturated heterocycles. The molecule has 2 rings (SSSR count). The summed E-state index contributed by atoms with van der Waals surface area (Å²) in [4.78, 5) is 0. The van der Waals surface area contributed by atoms with Gasteiger partial charge in [0.05, 0.1) is 17.6 Å². The molecule has 1 aromatic heterocycles. The molecule has 2 aromatic rings. The predicted octanol–water partition coefficient (Wildman–Crippen LogP) is 2.47. The van der Waals surface area contributed by atoms with Crippen molar-refractivity contribution in [2.45, 2.75) is 32.7 Å². The summed E-state index contributed by atoms with van der Waals surface area (Å²) in [6.07, 6.45) is 6.53. The molecule has 0 saturated carbocycles. The molecule has 2 N–H and O–H groups in total. The highest BCUT2D eigenvalue weighted by atomic mass is 15.3. The van der Waals surface area contributed by atoms with E-state index in [0.29, 0.717) is 6.54 Å². The molecule has 0 atom stereocenters. The lowest BCUT2D eigenvalue weighted by Crippen LogP contribution is -2.05. The van der Waals surface area contributed by atoms with Gasteiger partial charge in [-0.15, -0.1) is 0 Å². The van der Waals surface area contributed by atoms with Crippen LogP contribution in [0.4, 0.5) is 0 Å². The van der Waals surface area contributed by atoms with Crippen LogP contribution >= 0.6 is 0 Å². The number of aryl methyl sites for hydroxylation is 1. The molecule has 3 heteroatoms. The molecule has 0 aliphatic rings. The highest BCUT2D eigenvalue weighted by molar-refractivity contribution is 5.40. The minimum absolute atomic E-state index is 0.522. The fourth-order valence-electron chi connectivity index (χ4n) is 1.82. The van der Waals surface area contributed by atoms with Crippen LogP contribution in [0.1, 0.15) is 31.0 Å². The minimum Gasteiger partial charge on any atom is -0.326 e. The van der Waals surface area contributed by atoms with Gasteiger partial charge in [0.25, 0.3) is 0 Å². The molecule has 0 spiro atoms. The Morgan fingerprint density at radius 2 is 2.18 bits per heavy atom. The number of benzene rings is 1. The number of aromatic nitrogens is 2. The third-order valence-electron chi connectivity index (χ3n) is 2.81. The van der Waals surface area contributed by atoms with Crippen molar-refractivity contribution in [1.82, 2.24) is 9.78 Å². The number of unbranched alkanes of at least 4 members (excludes halogenated alkanes) is 1. The van der Waals surface area contributed by atoms with Gasteiger partial charge in [-0.05, 0) is 30.5 Å². The van der Waals surface area contributed by atoms with E-state index in [2.05, 4.69) is 18.2 Å². The summed E-state index contributed by atoms with van der Waals surface area (Å²) in [5.41, 5.74) is 8.93. The van der Waals surface area contributed by atoms with E-state index in [1.165, 1.54) is 12.8 Å². The average molecular weight is 228 g/mol. The highest BCUT2D eigenvalue weighted by Crippen LogP contribution is 2.13. The van der Waals surface area contributed by atoms with E-state index in [0.717, 1.165) is 23.4 Å². The lowest BCUT2D eigenvalue weighted by Gasteiger charge is -2.06. The molecule has 3 nitrogen and oxygen atoms in total. The Balaban J connectivity index is 2.24. The molecule has 1 aromatic carbocycles. The molecule has 0 aliphatic carbocycles. The van der Waals surface area contributed by atoms with E-state index in [1.54, 1.807) is 4.68 Å². The van der Waals surface area contributed by atoms with Crippen LogP contribution in [-0.4, -0.2) is 9.78 Å². The molecule has 17 heavy (non-hydrogen) atoms. The first kappa shape index (κ1) is 11.9. The van der Waals surface area contributed by atoms with Crippen molar-refractivity contribution in [3.8, 4) is 5.69 Å². The van der Waals surface area contributed by atoms with Crippen LogP contribution < -0.4 is 5.73 Å². The van der Waals surface area contributed by atoms with Crippen LogP contribution in [0, 0.1) is 6.20 Å². The zero-order valence-electron chi connectivity index (χ0n) is 10.2. The van der Waals surface area contributed by atoms with E-state index in [-0.39, 0.29) is 0 Å². The maximum absolute atomic E-state index is 5.72. The molecule has 0 aliphatic heterocycles. The first-order chi connectivity index (χ1) is 8.35. The average Bonchev–Trinajstić information content (AvgIpc) is 2.85. The summed E-state index contributed by atoms with van der Waals surface area (Å²) in [6, 6.07) is 10.00. The molecule has 1 heterocycles. The van der Waals surface area contributed by atoms with Gasteiger partial charge in [-0.2, -0.15) is 5.10 Å². The van der Waals surface area contributed by atoms with Gasteiger partial charge in [0.2, 0.25) is 0 Å². The second-order valence-corrected chi connectivity index (χ2v) is 4.11. The van der Waals surface area contributed by atoms with Crippen molar-refractivity contribution >= 4 is 0 Å². The highest BCUT2D eigenvalue weighted by Gasteiger charge is 2.05. The standard InChI is InChI=1S/C14H18N3/c1-2-3-7-13-9-10-17(16-13)14-8-5-4-6-12(14)11-15/h4-6,8-9H,2-3,7,11,15H2,1H3. The van der Waals surface area contributed by atoms with Crippen molar-refractivity contribution in [3.05, 3.63) is 47.8 Å². The number of nitrogens with two attached hydrogens (primary N) is 1. The van der Waals surface area contributed by atoms with E-state index in [4.69, 9.17) is 5.73 Å². The third-order valence-corrected chi connectivity index (χ3v) is 2.81. The zero-order valence-corrected chi connectivity index (χ0v) is 10.2. The van der Waals surface area contributed by atoms with Gasteiger partial charge in [0, 0.05) is 6.54 Å². The van der Waals surface area contributed by atoms with Crippen LogP contribution in [-0.2, 0) is 13.0 Å². The Hall–Kier alpha value is -1.61. The molecular formula is C14H18N3. The van der Waals surface area contributed by atoms with Crippen LogP contribution in [0.25, 0.3) is 5.69 Å². The van der Waals surface area contributed by atoms with Gasteiger partial charge < -0.3 is 5.73 Å². The van der Waals surface area contributed by atoms with Crippen molar-refractivity contribution in [2.24, 2.45) is 5.73 Å². The van der Waals surface area contributed by atoms with E-state index >= 15 is 0 Å². The first-order valence-electron chi connectivity index (χ1n) is 6.10. The second kappa shape index (κ2) is 5.64. The maximum atomic E-state index is 5.72. The Bertz CT molecular complexity index is 474. The van der Waals surface area contributed by atoms with Gasteiger partial charge in [0.15, 0.2) is 0 Å². The van der Waals surface area contributed by atoms with Gasteiger partial charge in [-0.3, -0.25) is 0 Å². The summed E-state index contributed by atoms with van der Waals surface area (Å²) < 4.78 is 1.80. The SMILES string of the molecule is CCCCc1c[c]n(-c2ccccc2CN)n1. The van der Waals surface area contributed by atoms with Gasteiger partial charge in [0.1, 0.15) is 0 Å². The fourth-order valence-corrected chi connectivity index (χ4v) is 1.82. The molecule has 0 fully saturated rings. The topological polar surface area (TPSA) is 43.8 Å². The molecular weight excluding hydrogens is 210 g/mol. The maximum Gasteiger partial charge on any atom is 0.0929 e. The molecule has 0 amide bonds. The normalized spacial score (nSPS) is 10.7. The van der Waals surface area contributed by atoms with Gasteiger partial charge >= 0.3 is 0 Å². The van der Waals surface area contributed by atoms with Crippen LogP contribution in [0.5, 0.6) is 0 Å². The van der Waals surface area contributed by atoms with Gasteiger partial charge in [-0.25, -0.2) is 4.68 Å². The summed E-state index contributed by atoms with van der Waals surface area (Å²) in [7, 11) is 0. The third kappa shape index (κ3) is 2.74. The number of hydrogen-bond acceptors (Lipinski definition) is 2. The lowest BCUT2D eigenvalue weighted by atomic mass is 10.2. The first-order valence-corrected chi connectivity index (χ1v) is 6.10. The van der Waals surface area contributed by atoms with Crippen molar-refractivity contribution in [2.75, 3.05) is 0 Å². The lowest BCUT2D eigenvalue weighted by molar-refractivity contribution is 0.748. The smallest absolute Gasteiger partial charge is 0.0929 e. The Labute approximate surface area is 102 Å². The van der Waals surface area contributed by atoms with Gasteiger partial charge in [-0.1, -0.05) is 31.5 Å². The van der Waals surface area contributed by atoms with Crippen molar-refractivity contribution < 1.29 is 0 Å². The predicted molar refractivity (Wildman–Crippen MR) is 68.9 cm³/mol. The Morgan fingerprint density at radius 3 is 2.94 bits per heavy atom. The fraction of sp³-hybridized carbons (Fsp3) is 0.357. The quantitative estimate of drug-likeness (QED) is 0.854. The number of rotatable bonds is 5. The summed E-state index contributed by atoms with van der Waals surface area (Å²) in [6.45, 7) is 2.71. The number of para-hydroxylation sites is 1. The molecule has 1 radical (unpaired) electrons. The second-order valence-electron chi connectivity index (χ2n) is 4.11. The largest absolute Gasteiger partial charge is 0.326 e. The van der Waals surface area contributed by atoms with Crippen molar-refractivity contribution in [3.63, 3.8) is 0 Å². The molecule has 0 unspecified atom stereocenters. The zero-order chi connectivity index (χ0) is 12.1. The van der Waals surface area contributed by atoms with Crippen molar-refractivity contribution in [1.29, 1.82) is 0 Å². The molecule has 0 bridgehead atoms. The monoisotopic (exact) mass is 228 g/mol. The molecule has 89 valence electrons. The van der Waals surface area contributed by atoms with Crippen LogP contribution in [0.3, 0.4) is 0 Å². The van der Waals surface area contributed by atoms with E-state index in [1.807, 2.05) is 30.3 Å². The Morgan fingerprint density at radius 1 is 1.35 bits per heavy atom. The van der Waals surface area contributed by atoms with E-state index < -0.39 is 0 Å². The summed E-state index contributed by atoms with van der Waals surface area (Å²) in [5.74, 6) is 0. The van der Waals surface area contributed by atoms with Crippen LogP contribution in [0.2, 0.25) is 0 Å². The number of hydrogen-bond donors (Lipinski definition) is 1. The van der Waals surface area contributed by atoms with E-state index in [9.17, 15) is 0 Å². The van der Waals surface area contributed by atoms with Crippen LogP contribution in [0.15, 0.2) is 30.3 Å².